The Morgan fingerprint density at radius 1 is 1.37 bits per heavy atom. The van der Waals surface area contributed by atoms with Crippen molar-refractivity contribution in [2.45, 2.75) is 39.4 Å². The van der Waals surface area contributed by atoms with Crippen molar-refractivity contribution in [2.75, 3.05) is 0 Å². The molecule has 2 heterocycles. The summed E-state index contributed by atoms with van der Waals surface area (Å²) in [5.41, 5.74) is 1.17. The van der Waals surface area contributed by atoms with E-state index in [1.165, 1.54) is 23.1 Å². The molecular formula is C13H19ClFN3S. The van der Waals surface area contributed by atoms with E-state index in [1.807, 2.05) is 23.0 Å². The summed E-state index contributed by atoms with van der Waals surface area (Å²) in [5, 5.41) is 7.53. The van der Waals surface area contributed by atoms with Gasteiger partial charge in [0.15, 0.2) is 5.13 Å². The van der Waals surface area contributed by atoms with Crippen molar-refractivity contribution < 1.29 is 4.39 Å². The second kappa shape index (κ2) is 7.62. The van der Waals surface area contributed by atoms with Gasteiger partial charge in [-0.1, -0.05) is 6.92 Å². The van der Waals surface area contributed by atoms with Gasteiger partial charge in [-0.05, 0) is 31.5 Å². The maximum atomic E-state index is 12.8. The maximum absolute atomic E-state index is 12.8. The molecule has 0 fully saturated rings. The Hall–Kier alpha value is -0.910. The molecule has 19 heavy (non-hydrogen) atoms. The standard InChI is InChI=1S/C13H18FN3S.ClH/c1-3-10(2)17-11(6-7-16-17)8-15-9-12-4-5-13(14)18-12;/h4-7,10,15H,3,8-9H2,1-2H3;1H. The fraction of sp³-hybridized carbons (Fsp3) is 0.462. The highest BCUT2D eigenvalue weighted by Crippen LogP contribution is 2.15. The number of hydrogen-bond acceptors (Lipinski definition) is 3. The topological polar surface area (TPSA) is 29.9 Å². The molecule has 106 valence electrons. The van der Waals surface area contributed by atoms with Crippen molar-refractivity contribution in [1.29, 1.82) is 0 Å². The van der Waals surface area contributed by atoms with Crippen LogP contribution in [0, 0.1) is 5.13 Å². The summed E-state index contributed by atoms with van der Waals surface area (Å²) in [6.45, 7) is 5.76. The molecule has 0 aliphatic carbocycles. The van der Waals surface area contributed by atoms with Crippen molar-refractivity contribution in [3.8, 4) is 0 Å². The van der Waals surface area contributed by atoms with E-state index in [1.54, 1.807) is 0 Å². The Bertz CT molecular complexity index is 498. The molecule has 2 aromatic rings. The van der Waals surface area contributed by atoms with Crippen LogP contribution in [-0.4, -0.2) is 9.78 Å². The molecule has 3 nitrogen and oxygen atoms in total. The molecule has 0 aromatic carbocycles. The third-order valence-corrected chi connectivity index (χ3v) is 3.87. The molecule has 0 aliphatic rings. The van der Waals surface area contributed by atoms with Gasteiger partial charge in [0, 0.05) is 30.2 Å². The van der Waals surface area contributed by atoms with E-state index in [0.717, 1.165) is 17.8 Å². The second-order valence-electron chi connectivity index (χ2n) is 4.33. The Balaban J connectivity index is 0.00000180. The minimum atomic E-state index is -0.128. The normalized spacial score (nSPS) is 12.2. The first kappa shape index (κ1) is 16.1. The van der Waals surface area contributed by atoms with Crippen LogP contribution in [0.5, 0.6) is 0 Å². The molecule has 6 heteroatoms. The summed E-state index contributed by atoms with van der Waals surface area (Å²) < 4.78 is 14.9. The zero-order valence-electron chi connectivity index (χ0n) is 11.1. The van der Waals surface area contributed by atoms with Gasteiger partial charge in [-0.2, -0.15) is 9.49 Å². The lowest BCUT2D eigenvalue weighted by Crippen LogP contribution is -2.17. The molecule has 1 unspecified atom stereocenters. The fourth-order valence-corrected chi connectivity index (χ4v) is 2.51. The van der Waals surface area contributed by atoms with Crippen molar-refractivity contribution >= 4 is 23.7 Å². The molecule has 1 N–H and O–H groups in total. The summed E-state index contributed by atoms with van der Waals surface area (Å²) >= 11 is 1.19. The minimum Gasteiger partial charge on any atom is -0.306 e. The third-order valence-electron chi connectivity index (χ3n) is 2.99. The summed E-state index contributed by atoms with van der Waals surface area (Å²) in [4.78, 5) is 1.02. The van der Waals surface area contributed by atoms with Crippen molar-refractivity contribution in [2.24, 2.45) is 0 Å². The quantitative estimate of drug-likeness (QED) is 0.880. The van der Waals surface area contributed by atoms with E-state index in [2.05, 4.69) is 24.3 Å². The van der Waals surface area contributed by atoms with E-state index in [0.29, 0.717) is 12.6 Å². The SMILES string of the molecule is CCC(C)n1nccc1CNCc1ccc(F)s1.Cl. The molecule has 0 saturated heterocycles. The molecule has 0 amide bonds. The van der Waals surface area contributed by atoms with Crippen molar-refractivity contribution in [3.63, 3.8) is 0 Å². The minimum absolute atomic E-state index is 0. The number of nitrogens with zero attached hydrogens (tertiary/aromatic N) is 2. The van der Waals surface area contributed by atoms with Gasteiger partial charge in [-0.3, -0.25) is 4.68 Å². The molecule has 0 radical (unpaired) electrons. The predicted octanol–water partition coefficient (Wildman–Crippen LogP) is 3.77. The predicted molar refractivity (Wildman–Crippen MR) is 79.3 cm³/mol. The van der Waals surface area contributed by atoms with E-state index in [4.69, 9.17) is 0 Å². The van der Waals surface area contributed by atoms with Crippen molar-refractivity contribution in [3.05, 3.63) is 40.1 Å². The van der Waals surface area contributed by atoms with E-state index in [9.17, 15) is 4.39 Å². The Morgan fingerprint density at radius 2 is 2.16 bits per heavy atom. The fourth-order valence-electron chi connectivity index (χ4n) is 1.81. The van der Waals surface area contributed by atoms with Gasteiger partial charge in [-0.15, -0.1) is 23.7 Å². The largest absolute Gasteiger partial charge is 0.306 e. The highest BCUT2D eigenvalue weighted by Gasteiger charge is 2.08. The number of rotatable bonds is 6. The van der Waals surface area contributed by atoms with Crippen LogP contribution >= 0.6 is 23.7 Å². The maximum Gasteiger partial charge on any atom is 0.176 e. The van der Waals surface area contributed by atoms with Crippen LogP contribution in [0.3, 0.4) is 0 Å². The second-order valence-corrected chi connectivity index (χ2v) is 5.45. The monoisotopic (exact) mass is 303 g/mol. The average Bonchev–Trinajstić information content (AvgIpc) is 2.98. The zero-order chi connectivity index (χ0) is 13.0. The Labute approximate surface area is 123 Å². The first-order valence-corrected chi connectivity index (χ1v) is 6.99. The molecule has 0 saturated carbocycles. The lowest BCUT2D eigenvalue weighted by molar-refractivity contribution is 0.452. The van der Waals surface area contributed by atoms with Crippen LogP contribution in [0.25, 0.3) is 0 Å². The number of aromatic nitrogens is 2. The third kappa shape index (κ3) is 4.30. The van der Waals surface area contributed by atoms with Gasteiger partial charge in [-0.25, -0.2) is 0 Å². The molecule has 2 rings (SSSR count). The number of hydrogen-bond donors (Lipinski definition) is 1. The van der Waals surface area contributed by atoms with Gasteiger partial charge in [0.2, 0.25) is 0 Å². The molecule has 0 aliphatic heterocycles. The van der Waals surface area contributed by atoms with Crippen LogP contribution in [-0.2, 0) is 13.1 Å². The molecule has 0 bridgehead atoms. The van der Waals surface area contributed by atoms with Gasteiger partial charge in [0.1, 0.15) is 0 Å². The smallest absolute Gasteiger partial charge is 0.176 e. The zero-order valence-corrected chi connectivity index (χ0v) is 12.7. The lowest BCUT2D eigenvalue weighted by atomic mass is 10.2. The van der Waals surface area contributed by atoms with E-state index in [-0.39, 0.29) is 17.5 Å². The van der Waals surface area contributed by atoms with E-state index < -0.39 is 0 Å². The summed E-state index contributed by atoms with van der Waals surface area (Å²) in [6, 6.07) is 5.76. The first-order valence-electron chi connectivity index (χ1n) is 6.18. The first-order chi connectivity index (χ1) is 8.70. The van der Waals surface area contributed by atoms with E-state index >= 15 is 0 Å². The van der Waals surface area contributed by atoms with Crippen molar-refractivity contribution in [1.82, 2.24) is 15.1 Å². The molecule has 0 spiro atoms. The van der Waals surface area contributed by atoms with Crippen LogP contribution < -0.4 is 5.32 Å². The van der Waals surface area contributed by atoms with Gasteiger partial charge in [0.25, 0.3) is 0 Å². The van der Waals surface area contributed by atoms with Crippen LogP contribution in [0.4, 0.5) is 4.39 Å². The Morgan fingerprint density at radius 3 is 2.79 bits per heavy atom. The number of halogens is 2. The van der Waals surface area contributed by atoms with Crippen LogP contribution in [0.15, 0.2) is 24.4 Å². The molecule has 1 atom stereocenters. The highest BCUT2D eigenvalue weighted by atomic mass is 35.5. The summed E-state index contributed by atoms with van der Waals surface area (Å²) in [7, 11) is 0. The summed E-state index contributed by atoms with van der Waals surface area (Å²) in [5.74, 6) is 0. The summed E-state index contributed by atoms with van der Waals surface area (Å²) in [6.07, 6.45) is 2.89. The number of thiophene rings is 1. The number of nitrogens with one attached hydrogen (secondary N) is 1. The molecular weight excluding hydrogens is 285 g/mol. The van der Waals surface area contributed by atoms with Gasteiger partial charge >= 0.3 is 0 Å². The van der Waals surface area contributed by atoms with Crippen LogP contribution in [0.1, 0.15) is 36.9 Å². The average molecular weight is 304 g/mol. The Kier molecular flexibility index (Phi) is 6.48. The van der Waals surface area contributed by atoms with Gasteiger partial charge in [0.05, 0.1) is 5.69 Å². The van der Waals surface area contributed by atoms with Gasteiger partial charge < -0.3 is 5.32 Å². The van der Waals surface area contributed by atoms with Crippen LogP contribution in [0.2, 0.25) is 0 Å². The molecule has 2 aromatic heterocycles. The highest BCUT2D eigenvalue weighted by molar-refractivity contribution is 7.10. The lowest BCUT2D eigenvalue weighted by Gasteiger charge is -2.13.